The van der Waals surface area contributed by atoms with Crippen LogP contribution in [-0.4, -0.2) is 51.4 Å². The number of nitro benzene ring substituents is 1. The molecule has 14 heteroatoms. The number of carbonyl (C=O) groups excluding carboxylic acids is 3. The van der Waals surface area contributed by atoms with Crippen molar-refractivity contribution in [1.82, 2.24) is 16.0 Å². The number of rotatable bonds is 10. The first kappa shape index (κ1) is 28.9. The molecule has 0 aliphatic carbocycles. The van der Waals surface area contributed by atoms with E-state index in [0.29, 0.717) is 5.56 Å². The second-order valence-electron chi connectivity index (χ2n) is 8.04. The quantitative estimate of drug-likeness (QED) is 0.180. The average Bonchev–Trinajstić information content (AvgIpc) is 2.89. The van der Waals surface area contributed by atoms with Crippen molar-refractivity contribution in [2.24, 2.45) is 0 Å². The molecular weight excluding hydrogens is 555 g/mol. The normalized spacial score (nSPS) is 11.2. The van der Waals surface area contributed by atoms with Crippen LogP contribution < -0.4 is 16.0 Å². The molecule has 0 aromatic heterocycles. The fourth-order valence-corrected chi connectivity index (χ4v) is 3.80. The molecular formula is C25H20Cl2N4O8. The van der Waals surface area contributed by atoms with E-state index in [0.717, 1.165) is 12.1 Å². The molecule has 0 heterocycles. The summed E-state index contributed by atoms with van der Waals surface area (Å²) in [4.78, 5) is 59.7. The maximum absolute atomic E-state index is 12.7. The number of nitro groups is 1. The standard InChI is InChI=1S/C25H20Cl2N4O8/c26-15-5-7-18(21(10-15)31(38)39)23(34)29-12-20(25(36)37)30-24(35)17-6-4-14(9-19(17)27)22(33)28-11-13-2-1-3-16(32)8-13/h1-10,20,32H,11-12H2,(H,28,33)(H,29,34)(H,30,35)(H,36,37)/t20-/m0/s1. The highest BCUT2D eigenvalue weighted by Gasteiger charge is 2.26. The monoisotopic (exact) mass is 574 g/mol. The van der Waals surface area contributed by atoms with Crippen LogP contribution in [0.5, 0.6) is 5.75 Å². The molecule has 0 spiro atoms. The number of phenols is 1. The molecule has 0 fully saturated rings. The van der Waals surface area contributed by atoms with Gasteiger partial charge in [-0.3, -0.25) is 24.5 Å². The third kappa shape index (κ3) is 7.66. The lowest BCUT2D eigenvalue weighted by Crippen LogP contribution is -2.48. The smallest absolute Gasteiger partial charge is 0.328 e. The lowest BCUT2D eigenvalue weighted by molar-refractivity contribution is -0.385. The Labute approximate surface area is 230 Å². The van der Waals surface area contributed by atoms with Crippen LogP contribution in [0.1, 0.15) is 36.6 Å². The largest absolute Gasteiger partial charge is 0.508 e. The molecule has 12 nitrogen and oxygen atoms in total. The van der Waals surface area contributed by atoms with Gasteiger partial charge in [0.15, 0.2) is 0 Å². The topological polar surface area (TPSA) is 188 Å². The number of phenolic OH excluding ortho intramolecular Hbond substituents is 1. The van der Waals surface area contributed by atoms with Crippen molar-refractivity contribution >= 4 is 52.6 Å². The van der Waals surface area contributed by atoms with Crippen molar-refractivity contribution < 1.29 is 34.3 Å². The van der Waals surface area contributed by atoms with E-state index < -0.39 is 46.9 Å². The molecule has 0 saturated carbocycles. The third-order valence-electron chi connectivity index (χ3n) is 5.31. The highest BCUT2D eigenvalue weighted by Crippen LogP contribution is 2.23. The summed E-state index contributed by atoms with van der Waals surface area (Å²) in [5, 5.41) is 37.2. The number of carboxylic acids is 1. The number of carboxylic acid groups (broad SMARTS) is 1. The summed E-state index contributed by atoms with van der Waals surface area (Å²) in [6, 6.07) is 11.8. The second-order valence-corrected chi connectivity index (χ2v) is 8.88. The zero-order valence-corrected chi connectivity index (χ0v) is 21.3. The van der Waals surface area contributed by atoms with Gasteiger partial charge >= 0.3 is 5.97 Å². The van der Waals surface area contributed by atoms with Crippen LogP contribution in [0.25, 0.3) is 0 Å². The van der Waals surface area contributed by atoms with Gasteiger partial charge < -0.3 is 26.2 Å². The first-order chi connectivity index (χ1) is 18.5. The Balaban J connectivity index is 1.64. The van der Waals surface area contributed by atoms with Crippen LogP contribution in [0.4, 0.5) is 5.69 Å². The van der Waals surface area contributed by atoms with Gasteiger partial charge in [0, 0.05) is 29.7 Å². The molecule has 0 saturated heterocycles. The minimum Gasteiger partial charge on any atom is -0.508 e. The minimum atomic E-state index is -1.62. The summed E-state index contributed by atoms with van der Waals surface area (Å²) < 4.78 is 0. The number of halogens is 2. The zero-order valence-electron chi connectivity index (χ0n) is 19.8. The molecule has 202 valence electrons. The van der Waals surface area contributed by atoms with Crippen molar-refractivity contribution in [3.05, 3.63) is 103 Å². The average molecular weight is 575 g/mol. The lowest BCUT2D eigenvalue weighted by atomic mass is 10.1. The number of benzene rings is 3. The number of hydrogen-bond donors (Lipinski definition) is 5. The van der Waals surface area contributed by atoms with E-state index >= 15 is 0 Å². The fourth-order valence-electron chi connectivity index (χ4n) is 3.37. The molecule has 5 N–H and O–H groups in total. The Hall–Kier alpha value is -4.68. The van der Waals surface area contributed by atoms with Crippen molar-refractivity contribution in [2.75, 3.05) is 6.54 Å². The van der Waals surface area contributed by atoms with E-state index in [1.807, 2.05) is 0 Å². The third-order valence-corrected chi connectivity index (χ3v) is 5.86. The van der Waals surface area contributed by atoms with E-state index in [1.165, 1.54) is 36.4 Å². The molecule has 0 unspecified atom stereocenters. The van der Waals surface area contributed by atoms with Gasteiger partial charge in [-0.15, -0.1) is 0 Å². The second kappa shape index (κ2) is 12.7. The van der Waals surface area contributed by atoms with E-state index in [1.54, 1.807) is 12.1 Å². The number of nitrogens with one attached hydrogen (secondary N) is 3. The Morgan fingerprint density at radius 3 is 2.26 bits per heavy atom. The summed E-state index contributed by atoms with van der Waals surface area (Å²) in [6.45, 7) is -0.481. The van der Waals surface area contributed by atoms with Crippen LogP contribution in [-0.2, 0) is 11.3 Å². The number of hydrogen-bond acceptors (Lipinski definition) is 7. The predicted molar refractivity (Wildman–Crippen MR) is 140 cm³/mol. The lowest BCUT2D eigenvalue weighted by Gasteiger charge is -2.16. The maximum Gasteiger partial charge on any atom is 0.328 e. The van der Waals surface area contributed by atoms with Crippen LogP contribution >= 0.6 is 23.2 Å². The van der Waals surface area contributed by atoms with E-state index in [-0.39, 0.29) is 39.0 Å². The van der Waals surface area contributed by atoms with Gasteiger partial charge in [0.2, 0.25) is 0 Å². The van der Waals surface area contributed by atoms with E-state index in [2.05, 4.69) is 16.0 Å². The summed E-state index contributed by atoms with van der Waals surface area (Å²) in [5.74, 6) is -3.79. The van der Waals surface area contributed by atoms with Crippen molar-refractivity contribution in [2.45, 2.75) is 12.6 Å². The molecule has 3 rings (SSSR count). The maximum atomic E-state index is 12.7. The number of carbonyl (C=O) groups is 4. The molecule has 0 radical (unpaired) electrons. The van der Waals surface area contributed by atoms with E-state index in [9.17, 15) is 39.5 Å². The number of nitrogens with zero attached hydrogens (tertiary/aromatic N) is 1. The molecule has 3 aromatic carbocycles. The van der Waals surface area contributed by atoms with Gasteiger partial charge in [0.05, 0.1) is 15.5 Å². The number of amides is 3. The highest BCUT2D eigenvalue weighted by atomic mass is 35.5. The van der Waals surface area contributed by atoms with Crippen molar-refractivity contribution in [3.63, 3.8) is 0 Å². The van der Waals surface area contributed by atoms with Gasteiger partial charge in [0.1, 0.15) is 17.4 Å². The van der Waals surface area contributed by atoms with E-state index in [4.69, 9.17) is 23.2 Å². The van der Waals surface area contributed by atoms with Crippen LogP contribution in [0.15, 0.2) is 60.7 Å². The Bertz CT molecular complexity index is 1460. The van der Waals surface area contributed by atoms with Crippen molar-refractivity contribution in [3.8, 4) is 5.75 Å². The van der Waals surface area contributed by atoms with Crippen molar-refractivity contribution in [1.29, 1.82) is 0 Å². The fraction of sp³-hybridized carbons (Fsp3) is 0.120. The molecule has 3 amide bonds. The molecule has 39 heavy (non-hydrogen) atoms. The van der Waals surface area contributed by atoms with Gasteiger partial charge in [-0.1, -0.05) is 35.3 Å². The van der Waals surface area contributed by atoms with Crippen LogP contribution in [0.2, 0.25) is 10.0 Å². The van der Waals surface area contributed by atoms with Gasteiger partial charge in [-0.2, -0.15) is 0 Å². The van der Waals surface area contributed by atoms with Crippen LogP contribution in [0.3, 0.4) is 0 Å². The first-order valence-electron chi connectivity index (χ1n) is 11.1. The predicted octanol–water partition coefficient (Wildman–Crippen LogP) is 3.15. The molecule has 3 aromatic rings. The summed E-state index contributed by atoms with van der Waals surface area (Å²) >= 11 is 11.9. The summed E-state index contributed by atoms with van der Waals surface area (Å²) in [6.07, 6.45) is 0. The molecule has 0 aliphatic rings. The molecule has 1 atom stereocenters. The van der Waals surface area contributed by atoms with Gasteiger partial charge in [-0.25, -0.2) is 4.79 Å². The number of aliphatic carboxylic acids is 1. The number of aromatic hydroxyl groups is 1. The highest BCUT2D eigenvalue weighted by molar-refractivity contribution is 6.34. The van der Waals surface area contributed by atoms with Gasteiger partial charge in [0.25, 0.3) is 23.4 Å². The summed E-state index contributed by atoms with van der Waals surface area (Å²) in [5.41, 5.74) is -0.270. The Morgan fingerprint density at radius 1 is 0.897 bits per heavy atom. The summed E-state index contributed by atoms with van der Waals surface area (Å²) in [7, 11) is 0. The SMILES string of the molecule is O=C(NCc1cccc(O)c1)c1ccc(C(=O)N[C@@H](CNC(=O)c2ccc(Cl)cc2[N+](=O)[O-])C(=O)O)c(Cl)c1. The minimum absolute atomic E-state index is 0.0331. The molecule has 0 bridgehead atoms. The zero-order chi connectivity index (χ0) is 28.7. The first-order valence-corrected chi connectivity index (χ1v) is 11.8. The molecule has 0 aliphatic heterocycles. The Morgan fingerprint density at radius 2 is 1.62 bits per heavy atom. The Kier molecular flexibility index (Phi) is 9.42. The van der Waals surface area contributed by atoms with Crippen LogP contribution in [0, 0.1) is 10.1 Å². The van der Waals surface area contributed by atoms with Gasteiger partial charge in [-0.05, 0) is 48.0 Å².